The third-order valence-electron chi connectivity index (χ3n) is 7.67. The van der Waals surface area contributed by atoms with Gasteiger partial charge in [0.1, 0.15) is 17.1 Å². The Bertz CT molecular complexity index is 2240. The van der Waals surface area contributed by atoms with E-state index in [1.807, 2.05) is 22.9 Å². The molecule has 17 heteroatoms. The van der Waals surface area contributed by atoms with Gasteiger partial charge >= 0.3 is 5.97 Å². The number of fused-ring (bicyclic) bond motifs is 2. The Kier molecular flexibility index (Phi) is 11.3. The molecular weight excluding hydrogens is 730 g/mol. The molecule has 0 fully saturated rings. The fourth-order valence-electron chi connectivity index (χ4n) is 5.84. The lowest BCUT2D eigenvalue weighted by Crippen LogP contribution is -2.53. The summed E-state index contributed by atoms with van der Waals surface area (Å²) in [6.07, 6.45) is 8.31. The molecule has 5 aromatic rings. The van der Waals surface area contributed by atoms with Crippen LogP contribution in [0.15, 0.2) is 64.4 Å². The topological polar surface area (TPSA) is 213 Å². The molecule has 51 heavy (non-hydrogen) atoms. The number of imidazole rings is 1. The first-order chi connectivity index (χ1) is 23.9. The summed E-state index contributed by atoms with van der Waals surface area (Å²) in [5, 5.41) is 32.2. The summed E-state index contributed by atoms with van der Waals surface area (Å²) in [6.45, 7) is 8.45. The summed E-state index contributed by atoms with van der Waals surface area (Å²) in [5.74, 6) is 0.0725. The Hall–Kier alpha value is -5.68. The van der Waals surface area contributed by atoms with Gasteiger partial charge < -0.3 is 29.6 Å². The number of ether oxygens (including phenoxy) is 2. The molecular formula is C34H36BrN7O9. The Morgan fingerprint density at radius 3 is 2.41 bits per heavy atom. The quantitative estimate of drug-likeness (QED) is 0.0917. The van der Waals surface area contributed by atoms with Crippen LogP contribution in [0.1, 0.15) is 50.2 Å². The molecule has 2 aromatic carbocycles. The maximum absolute atomic E-state index is 12.3. The molecule has 3 N–H and O–H groups in total. The molecule has 0 radical (unpaired) electrons. The Labute approximate surface area is 299 Å². The monoisotopic (exact) mass is 765 g/mol. The van der Waals surface area contributed by atoms with Crippen molar-refractivity contribution >= 4 is 56.3 Å². The molecule has 0 unspecified atom stereocenters. The van der Waals surface area contributed by atoms with Crippen LogP contribution in [0.4, 0.5) is 5.69 Å². The zero-order valence-corrected chi connectivity index (χ0v) is 30.4. The van der Waals surface area contributed by atoms with E-state index in [4.69, 9.17) is 19.6 Å². The SMILES string of the molecule is COC(=O)c1cc(OC)c(Br)cc1[N+](=O)[O-].Cn1cnc2cc(-c3cn4ccc(C5=CC(C)(C)NC(C)(C)C5)nc4n3)c(O)cc2c1=O.O=CO. The van der Waals surface area contributed by atoms with E-state index in [9.17, 15) is 24.8 Å². The zero-order chi connectivity index (χ0) is 37.8. The summed E-state index contributed by atoms with van der Waals surface area (Å²) < 4.78 is 13.0. The molecule has 3 aromatic heterocycles. The number of nitro benzene ring substituents is 1. The van der Waals surface area contributed by atoms with Gasteiger partial charge in [0.2, 0.25) is 5.78 Å². The van der Waals surface area contributed by atoms with Crippen molar-refractivity contribution in [2.24, 2.45) is 7.05 Å². The van der Waals surface area contributed by atoms with Crippen LogP contribution in [0.3, 0.4) is 0 Å². The number of phenolic OH excluding ortho intramolecular Hbond substituents is 1. The number of benzene rings is 2. The van der Waals surface area contributed by atoms with Gasteiger partial charge in [-0.3, -0.25) is 24.1 Å². The molecule has 0 atom stereocenters. The molecule has 1 aliphatic rings. The normalized spacial score (nSPS) is 14.3. The molecule has 268 valence electrons. The third kappa shape index (κ3) is 8.56. The van der Waals surface area contributed by atoms with Gasteiger partial charge in [0.15, 0.2) is 0 Å². The highest BCUT2D eigenvalue weighted by Crippen LogP contribution is 2.35. The van der Waals surface area contributed by atoms with Crippen LogP contribution in [0, 0.1) is 10.1 Å². The van der Waals surface area contributed by atoms with Crippen molar-refractivity contribution in [1.29, 1.82) is 0 Å². The van der Waals surface area contributed by atoms with Crippen LogP contribution >= 0.6 is 15.9 Å². The predicted molar refractivity (Wildman–Crippen MR) is 192 cm³/mol. The van der Waals surface area contributed by atoms with E-state index in [0.29, 0.717) is 38.2 Å². The predicted octanol–water partition coefficient (Wildman–Crippen LogP) is 5.14. The smallest absolute Gasteiger partial charge is 0.345 e. The molecule has 4 heterocycles. The maximum Gasteiger partial charge on any atom is 0.345 e. The van der Waals surface area contributed by atoms with Crippen LogP contribution in [0.2, 0.25) is 0 Å². The Morgan fingerprint density at radius 2 is 1.80 bits per heavy atom. The van der Waals surface area contributed by atoms with Crippen molar-refractivity contribution in [1.82, 2.24) is 29.2 Å². The van der Waals surface area contributed by atoms with E-state index < -0.39 is 10.9 Å². The Morgan fingerprint density at radius 1 is 1.14 bits per heavy atom. The summed E-state index contributed by atoms with van der Waals surface area (Å²) in [4.78, 5) is 55.8. The first-order valence-corrected chi connectivity index (χ1v) is 16.0. The molecule has 0 bridgehead atoms. The summed E-state index contributed by atoms with van der Waals surface area (Å²) in [6, 6.07) is 7.59. The fraction of sp³-hybridized carbons (Fsp3) is 0.294. The number of halogens is 1. The molecule has 0 saturated carbocycles. The number of nitro groups is 1. The highest BCUT2D eigenvalue weighted by Gasteiger charge is 2.33. The lowest BCUT2D eigenvalue weighted by Gasteiger charge is -2.41. The van der Waals surface area contributed by atoms with Gasteiger partial charge in [0.25, 0.3) is 17.7 Å². The van der Waals surface area contributed by atoms with E-state index in [1.54, 1.807) is 13.1 Å². The minimum absolute atomic E-state index is 0.0178. The highest BCUT2D eigenvalue weighted by molar-refractivity contribution is 9.10. The number of phenols is 1. The van der Waals surface area contributed by atoms with Gasteiger partial charge in [0.05, 0.1) is 52.2 Å². The van der Waals surface area contributed by atoms with Crippen molar-refractivity contribution in [3.05, 3.63) is 91.3 Å². The van der Waals surface area contributed by atoms with Crippen molar-refractivity contribution in [3.63, 3.8) is 0 Å². The van der Waals surface area contributed by atoms with E-state index in [-0.39, 0.29) is 40.1 Å². The van der Waals surface area contributed by atoms with Crippen LogP contribution in [-0.2, 0) is 16.6 Å². The number of carbonyl (C=O) groups excluding carboxylic acids is 1. The number of esters is 1. The van der Waals surface area contributed by atoms with Gasteiger partial charge in [-0.25, -0.2) is 19.7 Å². The number of aromatic nitrogens is 5. The lowest BCUT2D eigenvalue weighted by atomic mass is 9.82. The van der Waals surface area contributed by atoms with E-state index in [1.165, 1.54) is 41.8 Å². The molecule has 1 aliphatic heterocycles. The molecule has 0 amide bonds. The van der Waals surface area contributed by atoms with Crippen molar-refractivity contribution in [3.8, 4) is 22.8 Å². The molecule has 0 saturated heterocycles. The lowest BCUT2D eigenvalue weighted by molar-refractivity contribution is -0.385. The Balaban J connectivity index is 0.000000259. The van der Waals surface area contributed by atoms with Crippen LogP contribution in [-0.4, -0.2) is 76.8 Å². The number of nitrogens with one attached hydrogen (secondary N) is 1. The number of rotatable bonds is 5. The van der Waals surface area contributed by atoms with Crippen LogP contribution < -0.4 is 15.6 Å². The largest absolute Gasteiger partial charge is 0.507 e. The van der Waals surface area contributed by atoms with Crippen molar-refractivity contribution in [2.45, 2.75) is 45.2 Å². The minimum atomic E-state index is -0.780. The van der Waals surface area contributed by atoms with Gasteiger partial charge in [0, 0.05) is 48.2 Å². The first kappa shape index (κ1) is 38.1. The van der Waals surface area contributed by atoms with E-state index in [0.717, 1.165) is 19.2 Å². The molecule has 0 aliphatic carbocycles. The second kappa shape index (κ2) is 15.1. The van der Waals surface area contributed by atoms with Crippen LogP contribution in [0.5, 0.6) is 11.5 Å². The minimum Gasteiger partial charge on any atom is -0.507 e. The van der Waals surface area contributed by atoms with Gasteiger partial charge in [-0.05, 0) is 73.8 Å². The average molecular weight is 767 g/mol. The number of hydrogen-bond acceptors (Lipinski definition) is 12. The summed E-state index contributed by atoms with van der Waals surface area (Å²) in [5.41, 5.74) is 2.80. The van der Waals surface area contributed by atoms with Crippen molar-refractivity contribution in [2.75, 3.05) is 14.2 Å². The summed E-state index contributed by atoms with van der Waals surface area (Å²) in [7, 11) is 4.18. The number of methoxy groups -OCH3 is 2. The summed E-state index contributed by atoms with van der Waals surface area (Å²) >= 11 is 3.10. The fourth-order valence-corrected chi connectivity index (χ4v) is 6.33. The van der Waals surface area contributed by atoms with E-state index >= 15 is 0 Å². The van der Waals surface area contributed by atoms with Crippen molar-refractivity contribution < 1.29 is 34.2 Å². The number of hydrogen-bond donors (Lipinski definition) is 3. The zero-order valence-electron chi connectivity index (χ0n) is 28.8. The number of aryl methyl sites for hydroxylation is 1. The second-order valence-electron chi connectivity index (χ2n) is 12.6. The number of carbonyl (C=O) groups is 2. The second-order valence-corrected chi connectivity index (χ2v) is 13.5. The van der Waals surface area contributed by atoms with E-state index in [2.05, 4.69) is 69.7 Å². The number of nitrogens with zero attached hydrogens (tertiary/aromatic N) is 6. The highest BCUT2D eigenvalue weighted by atomic mass is 79.9. The van der Waals surface area contributed by atoms with Crippen LogP contribution in [0.25, 0.3) is 33.5 Å². The van der Waals surface area contributed by atoms with Gasteiger partial charge in [-0.2, -0.15) is 0 Å². The number of aromatic hydroxyl groups is 1. The maximum atomic E-state index is 12.3. The van der Waals surface area contributed by atoms with Gasteiger partial charge in [-0.1, -0.05) is 6.08 Å². The third-order valence-corrected chi connectivity index (χ3v) is 8.29. The standard InChI is InChI=1S/C24H26N6O2.C9H8BrNO5.CH2O2/c1-23(2)10-14(11-24(3,4)28-23)17-6-7-30-12-19(27-22(30)26-17)15-8-18-16(9-20(15)31)21(32)29(5)13-25-18;1-15-8-3-5(9(12)16-2)7(11(13)14)4-6(8)10;2-1-3/h6-10,12-13,28,31H,11H2,1-5H3;3-4H,1-2H3;1H,(H,2,3). The molecule has 16 nitrogen and oxygen atoms in total. The average Bonchev–Trinajstić information content (AvgIpc) is 3.48. The van der Waals surface area contributed by atoms with Gasteiger partial charge in [-0.15, -0.1) is 0 Å². The molecule has 6 rings (SSSR count). The first-order valence-electron chi connectivity index (χ1n) is 15.2. The number of carboxylic acid groups (broad SMARTS) is 1. The molecule has 0 spiro atoms.